The molecule has 0 spiro atoms. The Balaban J connectivity index is 1.55. The summed E-state index contributed by atoms with van der Waals surface area (Å²) in [5, 5.41) is 9.32. The molecule has 2 aliphatic rings. The number of hydrogen-bond donors (Lipinski definition) is 0. The van der Waals surface area contributed by atoms with Gasteiger partial charge in [-0.25, -0.2) is 0 Å². The molecule has 1 atom stereocenters. The number of aromatic nitrogens is 4. The van der Waals surface area contributed by atoms with Crippen molar-refractivity contribution in [2.45, 2.75) is 51.1 Å². The van der Waals surface area contributed by atoms with Crippen LogP contribution in [-0.2, 0) is 13.6 Å². The minimum atomic E-state index is 0.295. The second kappa shape index (κ2) is 5.35. The average molecular weight is 322 g/mol. The fourth-order valence-corrected chi connectivity index (χ4v) is 3.68. The number of likely N-dealkylation sites (tertiary alicyclic amines) is 1. The smallest absolute Gasteiger partial charge is 0.229 e. The third kappa shape index (κ3) is 2.44. The molecule has 0 aromatic carbocycles. The zero-order chi connectivity index (χ0) is 15.3. The molecule has 1 aliphatic heterocycles. The Kier molecular flexibility index (Phi) is 3.46. The molecule has 0 N–H and O–H groups in total. The molecule has 0 amide bonds. The van der Waals surface area contributed by atoms with Crippen LogP contribution in [0.25, 0.3) is 0 Å². The van der Waals surface area contributed by atoms with Gasteiger partial charge in [0.25, 0.3) is 0 Å². The Morgan fingerprint density at radius 3 is 2.82 bits per heavy atom. The zero-order valence-corrected chi connectivity index (χ0v) is 13.7. The van der Waals surface area contributed by atoms with E-state index in [1.807, 2.05) is 14.0 Å². The van der Waals surface area contributed by atoms with E-state index in [0.717, 1.165) is 47.5 Å². The van der Waals surface area contributed by atoms with Crippen molar-refractivity contribution in [3.63, 3.8) is 0 Å². The number of aryl methyl sites for hydroxylation is 2. The molecule has 2 fully saturated rings. The lowest BCUT2D eigenvalue weighted by Crippen LogP contribution is -2.24. The Labute approximate surface area is 134 Å². The van der Waals surface area contributed by atoms with E-state index in [2.05, 4.69) is 20.1 Å². The summed E-state index contributed by atoms with van der Waals surface area (Å²) in [4.78, 5) is 6.93. The van der Waals surface area contributed by atoms with Crippen LogP contribution in [0.4, 0.5) is 0 Å². The zero-order valence-electron chi connectivity index (χ0n) is 12.9. The van der Waals surface area contributed by atoms with Crippen molar-refractivity contribution in [1.29, 1.82) is 0 Å². The highest BCUT2D eigenvalue weighted by Crippen LogP contribution is 2.40. The third-order valence-electron chi connectivity index (χ3n) is 4.65. The van der Waals surface area contributed by atoms with Gasteiger partial charge >= 0.3 is 0 Å². The van der Waals surface area contributed by atoms with Gasteiger partial charge in [0.05, 0.1) is 12.2 Å². The Hall–Kier alpha value is -1.40. The van der Waals surface area contributed by atoms with Gasteiger partial charge in [0.2, 0.25) is 5.89 Å². The van der Waals surface area contributed by atoms with E-state index in [1.54, 1.807) is 4.68 Å². The lowest BCUT2D eigenvalue weighted by molar-refractivity contribution is 0.237. The van der Waals surface area contributed by atoms with Gasteiger partial charge in [0.1, 0.15) is 5.15 Å². The van der Waals surface area contributed by atoms with E-state index >= 15 is 0 Å². The molecular formula is C15H20ClN5O. The van der Waals surface area contributed by atoms with Crippen molar-refractivity contribution < 1.29 is 4.52 Å². The molecule has 4 rings (SSSR count). The van der Waals surface area contributed by atoms with Gasteiger partial charge in [0.15, 0.2) is 5.82 Å². The normalized spacial score (nSPS) is 22.6. The minimum Gasteiger partial charge on any atom is -0.339 e. The maximum Gasteiger partial charge on any atom is 0.229 e. The summed E-state index contributed by atoms with van der Waals surface area (Å²) in [6.45, 7) is 3.77. The lowest BCUT2D eigenvalue weighted by atomic mass is 10.1. The molecular weight excluding hydrogens is 302 g/mol. The fraction of sp³-hybridized carbons (Fsp3) is 0.667. The molecule has 1 saturated carbocycles. The highest BCUT2D eigenvalue weighted by atomic mass is 35.5. The largest absolute Gasteiger partial charge is 0.339 e. The van der Waals surface area contributed by atoms with E-state index in [0.29, 0.717) is 18.5 Å². The molecule has 7 heteroatoms. The quantitative estimate of drug-likeness (QED) is 0.866. The monoisotopic (exact) mass is 321 g/mol. The number of rotatable bonds is 4. The van der Waals surface area contributed by atoms with Gasteiger partial charge in [-0.3, -0.25) is 9.58 Å². The molecule has 118 valence electrons. The summed E-state index contributed by atoms with van der Waals surface area (Å²) < 4.78 is 7.11. The Morgan fingerprint density at radius 1 is 1.32 bits per heavy atom. The Bertz CT molecular complexity index is 690. The van der Waals surface area contributed by atoms with Gasteiger partial charge in [-0.2, -0.15) is 10.1 Å². The van der Waals surface area contributed by atoms with Gasteiger partial charge in [-0.05, 0) is 39.2 Å². The van der Waals surface area contributed by atoms with Gasteiger partial charge in [-0.15, -0.1) is 0 Å². The third-order valence-corrected chi connectivity index (χ3v) is 5.10. The first-order valence-corrected chi connectivity index (χ1v) is 8.27. The molecule has 2 aromatic rings. The molecule has 0 bridgehead atoms. The van der Waals surface area contributed by atoms with Crippen molar-refractivity contribution in [2.75, 3.05) is 6.54 Å². The number of halogens is 1. The first-order valence-electron chi connectivity index (χ1n) is 7.89. The van der Waals surface area contributed by atoms with Crippen molar-refractivity contribution in [2.24, 2.45) is 7.05 Å². The second-order valence-corrected chi connectivity index (χ2v) is 6.72. The van der Waals surface area contributed by atoms with E-state index in [1.165, 1.54) is 12.8 Å². The topological polar surface area (TPSA) is 60.0 Å². The Morgan fingerprint density at radius 2 is 2.14 bits per heavy atom. The van der Waals surface area contributed by atoms with Crippen molar-refractivity contribution >= 4 is 11.6 Å². The van der Waals surface area contributed by atoms with Crippen molar-refractivity contribution in [3.05, 3.63) is 28.1 Å². The molecule has 6 nitrogen and oxygen atoms in total. The van der Waals surface area contributed by atoms with Crippen LogP contribution < -0.4 is 0 Å². The number of hydrogen-bond acceptors (Lipinski definition) is 5. The molecule has 0 unspecified atom stereocenters. The van der Waals surface area contributed by atoms with Crippen molar-refractivity contribution in [1.82, 2.24) is 24.8 Å². The van der Waals surface area contributed by atoms with Crippen LogP contribution in [0.5, 0.6) is 0 Å². The lowest BCUT2D eigenvalue weighted by Gasteiger charge is -2.23. The van der Waals surface area contributed by atoms with E-state index in [9.17, 15) is 0 Å². The van der Waals surface area contributed by atoms with Crippen LogP contribution in [0, 0.1) is 6.92 Å². The summed E-state index contributed by atoms with van der Waals surface area (Å²) in [5.41, 5.74) is 2.16. The summed E-state index contributed by atoms with van der Waals surface area (Å²) in [6, 6.07) is 0.295. The van der Waals surface area contributed by atoms with Crippen LogP contribution in [0.2, 0.25) is 5.15 Å². The van der Waals surface area contributed by atoms with Gasteiger partial charge in [0, 0.05) is 24.6 Å². The molecule has 3 heterocycles. The van der Waals surface area contributed by atoms with E-state index in [-0.39, 0.29) is 0 Å². The molecule has 1 aliphatic carbocycles. The number of nitrogens with zero attached hydrogens (tertiary/aromatic N) is 5. The SMILES string of the molecule is Cc1nn(C)c(Cl)c1[C@@H]1CCCN1Cc1noc(C2CC2)n1. The second-order valence-electron chi connectivity index (χ2n) is 6.37. The van der Waals surface area contributed by atoms with E-state index < -0.39 is 0 Å². The highest BCUT2D eigenvalue weighted by Gasteiger charge is 2.33. The van der Waals surface area contributed by atoms with Crippen LogP contribution in [0.3, 0.4) is 0 Å². The van der Waals surface area contributed by atoms with Crippen molar-refractivity contribution in [3.8, 4) is 0 Å². The first-order chi connectivity index (χ1) is 10.6. The summed E-state index contributed by atoms with van der Waals surface area (Å²) in [7, 11) is 1.89. The van der Waals surface area contributed by atoms with Crippen LogP contribution in [0.1, 0.15) is 60.6 Å². The highest BCUT2D eigenvalue weighted by molar-refractivity contribution is 6.30. The van der Waals surface area contributed by atoms with Gasteiger partial charge < -0.3 is 4.52 Å². The standard InChI is InChI=1S/C15H20ClN5O/c1-9-13(14(16)20(2)18-9)11-4-3-7-21(11)8-12-17-15(22-19-12)10-5-6-10/h10-11H,3-8H2,1-2H3/t11-/m0/s1. The predicted octanol–water partition coefficient (Wildman–Crippen LogP) is 2.98. The summed E-state index contributed by atoms with van der Waals surface area (Å²) in [5.74, 6) is 2.10. The van der Waals surface area contributed by atoms with E-state index in [4.69, 9.17) is 16.1 Å². The van der Waals surface area contributed by atoms with Crippen LogP contribution in [-0.4, -0.2) is 31.4 Å². The van der Waals surface area contributed by atoms with Crippen LogP contribution in [0.15, 0.2) is 4.52 Å². The molecule has 0 radical (unpaired) electrons. The maximum absolute atomic E-state index is 6.44. The fourth-order valence-electron chi connectivity index (χ4n) is 3.38. The van der Waals surface area contributed by atoms with Crippen LogP contribution >= 0.6 is 11.6 Å². The summed E-state index contributed by atoms with van der Waals surface area (Å²) >= 11 is 6.44. The minimum absolute atomic E-state index is 0.295. The average Bonchev–Trinajstić information content (AvgIpc) is 2.98. The molecule has 22 heavy (non-hydrogen) atoms. The molecule has 1 saturated heterocycles. The summed E-state index contributed by atoms with van der Waals surface area (Å²) in [6.07, 6.45) is 4.61. The first kappa shape index (κ1) is 14.2. The molecule has 2 aromatic heterocycles. The van der Waals surface area contributed by atoms with Gasteiger partial charge in [-0.1, -0.05) is 16.8 Å². The predicted molar refractivity (Wildman–Crippen MR) is 81.6 cm³/mol. The maximum atomic E-state index is 6.44.